The molecule has 0 radical (unpaired) electrons. The number of nitrogens with one attached hydrogen (secondary N) is 1. The number of carboxylic acids is 1. The van der Waals surface area contributed by atoms with Crippen molar-refractivity contribution in [2.45, 2.75) is 71.3 Å². The van der Waals surface area contributed by atoms with E-state index < -0.39 is 11.5 Å². The number of carbonyl (C=O) groups excluding carboxylic acids is 1. The maximum absolute atomic E-state index is 13.0. The summed E-state index contributed by atoms with van der Waals surface area (Å²) in [6, 6.07) is 12.7. The zero-order valence-corrected chi connectivity index (χ0v) is 21.6. The van der Waals surface area contributed by atoms with Crippen LogP contribution in [0.4, 0.5) is 5.69 Å². The molecule has 0 aromatic heterocycles. The molecule has 1 aliphatic rings. The van der Waals surface area contributed by atoms with Crippen LogP contribution in [0, 0.1) is 11.3 Å². The zero-order chi connectivity index (χ0) is 26.1. The van der Waals surface area contributed by atoms with Crippen LogP contribution in [0.15, 0.2) is 36.4 Å². The number of carbonyl (C=O) groups is 2. The predicted octanol–water partition coefficient (Wildman–Crippen LogP) is 5.27. The van der Waals surface area contributed by atoms with E-state index in [1.807, 2.05) is 17.9 Å². The Labute approximate surface area is 214 Å². The number of nitriles is 1. The second-order valence-electron chi connectivity index (χ2n) is 9.56. The largest absolute Gasteiger partial charge is 0.483 e. The molecule has 0 bridgehead atoms. The third-order valence-electron chi connectivity index (χ3n) is 6.83. The number of hydrogen-bond donors (Lipinski definition) is 2. The molecule has 7 heteroatoms. The van der Waals surface area contributed by atoms with E-state index in [2.05, 4.69) is 24.4 Å². The van der Waals surface area contributed by atoms with Crippen molar-refractivity contribution in [2.24, 2.45) is 0 Å². The molecular formula is C29H37N3O4. The summed E-state index contributed by atoms with van der Waals surface area (Å²) in [5, 5.41) is 22.7. The Morgan fingerprint density at radius 2 is 1.78 bits per heavy atom. The number of aliphatic carboxylic acids is 1. The number of nitrogens with zero attached hydrogens (tertiary/aromatic N) is 2. The molecule has 1 aliphatic heterocycles. The summed E-state index contributed by atoms with van der Waals surface area (Å²) in [5.74, 6) is -0.670. The molecule has 1 saturated heterocycles. The Morgan fingerprint density at radius 1 is 1.11 bits per heavy atom. The van der Waals surface area contributed by atoms with Crippen LogP contribution < -0.4 is 10.1 Å². The van der Waals surface area contributed by atoms with Crippen molar-refractivity contribution in [3.05, 3.63) is 58.7 Å². The number of rotatable bonds is 10. The molecule has 7 nitrogen and oxygen atoms in total. The highest BCUT2D eigenvalue weighted by Gasteiger charge is 2.39. The highest BCUT2D eigenvalue weighted by Crippen LogP contribution is 2.38. The molecule has 1 fully saturated rings. The van der Waals surface area contributed by atoms with Crippen molar-refractivity contribution in [1.82, 2.24) is 4.90 Å². The Hall–Kier alpha value is -3.53. The molecule has 3 rings (SSSR count). The van der Waals surface area contributed by atoms with Crippen molar-refractivity contribution in [3.8, 4) is 11.8 Å². The summed E-state index contributed by atoms with van der Waals surface area (Å²) in [6.07, 6.45) is 6.56. The van der Waals surface area contributed by atoms with Gasteiger partial charge in [-0.15, -0.1) is 0 Å². The van der Waals surface area contributed by atoms with Gasteiger partial charge in [-0.3, -0.25) is 4.79 Å². The molecule has 0 saturated carbocycles. The van der Waals surface area contributed by atoms with Crippen LogP contribution in [0.2, 0.25) is 0 Å². The molecule has 1 heterocycles. The van der Waals surface area contributed by atoms with Crippen molar-refractivity contribution in [1.29, 1.82) is 5.26 Å². The van der Waals surface area contributed by atoms with E-state index >= 15 is 0 Å². The average Bonchev–Trinajstić information content (AvgIpc) is 3.17. The lowest BCUT2D eigenvalue weighted by Crippen LogP contribution is -2.41. The standard InChI is InChI=1S/C29H37N3O4/c1-4-10-23-17-21(5-2)18-25(27(23)36-20-26(33)32-15-8-6-7-9-16-32)29(3,28(34)35)31-24-13-11-22(19-30)12-14-24/h11-14,17-18,31H,4-10,15-16,20H2,1-3H3,(H,34,35). The van der Waals surface area contributed by atoms with Gasteiger partial charge in [-0.25, -0.2) is 4.79 Å². The van der Waals surface area contributed by atoms with Crippen LogP contribution >= 0.6 is 0 Å². The smallest absolute Gasteiger partial charge is 0.333 e. The summed E-state index contributed by atoms with van der Waals surface area (Å²) < 4.78 is 6.21. The maximum atomic E-state index is 13.0. The number of likely N-dealkylation sites (tertiary alicyclic amines) is 1. The number of benzene rings is 2. The fourth-order valence-electron chi connectivity index (χ4n) is 4.65. The SMILES string of the molecule is CCCc1cc(CC)cc(C(C)(Nc2ccc(C#N)cc2)C(=O)O)c1OCC(=O)N1CCCCCC1. The number of ether oxygens (including phenoxy) is 1. The first kappa shape index (κ1) is 27.1. The highest BCUT2D eigenvalue weighted by molar-refractivity contribution is 5.86. The maximum Gasteiger partial charge on any atom is 0.333 e. The minimum atomic E-state index is -1.52. The molecule has 0 aliphatic carbocycles. The Balaban J connectivity index is 2.01. The summed E-state index contributed by atoms with van der Waals surface area (Å²) in [5.41, 5.74) is 1.95. The molecule has 2 N–H and O–H groups in total. The van der Waals surface area contributed by atoms with Gasteiger partial charge in [0.05, 0.1) is 11.6 Å². The van der Waals surface area contributed by atoms with Gasteiger partial charge in [0.15, 0.2) is 12.1 Å². The molecule has 2 aromatic rings. The van der Waals surface area contributed by atoms with Gasteiger partial charge in [0, 0.05) is 24.3 Å². The van der Waals surface area contributed by atoms with Gasteiger partial charge in [-0.2, -0.15) is 5.26 Å². The van der Waals surface area contributed by atoms with Crippen LogP contribution in [0.3, 0.4) is 0 Å². The summed E-state index contributed by atoms with van der Waals surface area (Å²) in [4.78, 5) is 27.6. The third-order valence-corrected chi connectivity index (χ3v) is 6.83. The summed E-state index contributed by atoms with van der Waals surface area (Å²) >= 11 is 0. The molecule has 0 spiro atoms. The van der Waals surface area contributed by atoms with Gasteiger partial charge in [-0.05, 0) is 74.1 Å². The molecular weight excluding hydrogens is 454 g/mol. The van der Waals surface area contributed by atoms with E-state index in [-0.39, 0.29) is 12.5 Å². The first-order valence-electron chi connectivity index (χ1n) is 12.9. The molecule has 1 atom stereocenters. The zero-order valence-electron chi connectivity index (χ0n) is 21.6. The monoisotopic (exact) mass is 491 g/mol. The molecule has 1 amide bonds. The first-order chi connectivity index (χ1) is 17.3. The van der Waals surface area contributed by atoms with Gasteiger partial charge in [0.25, 0.3) is 5.91 Å². The molecule has 192 valence electrons. The van der Waals surface area contributed by atoms with E-state index in [4.69, 9.17) is 10.00 Å². The van der Waals surface area contributed by atoms with Gasteiger partial charge >= 0.3 is 5.97 Å². The van der Waals surface area contributed by atoms with Crippen molar-refractivity contribution in [2.75, 3.05) is 25.0 Å². The van der Waals surface area contributed by atoms with Crippen LogP contribution in [0.25, 0.3) is 0 Å². The van der Waals surface area contributed by atoms with E-state index in [9.17, 15) is 14.7 Å². The minimum Gasteiger partial charge on any atom is -0.483 e. The Kier molecular flexibility index (Phi) is 9.35. The summed E-state index contributed by atoms with van der Waals surface area (Å²) in [7, 11) is 0. The fraction of sp³-hybridized carbons (Fsp3) is 0.483. The predicted molar refractivity (Wildman–Crippen MR) is 140 cm³/mol. The quantitative estimate of drug-likeness (QED) is 0.470. The van der Waals surface area contributed by atoms with E-state index in [0.717, 1.165) is 62.7 Å². The van der Waals surface area contributed by atoms with Crippen molar-refractivity contribution < 1.29 is 19.4 Å². The molecule has 36 heavy (non-hydrogen) atoms. The minimum absolute atomic E-state index is 0.0676. The summed E-state index contributed by atoms with van der Waals surface area (Å²) in [6.45, 7) is 7.06. The lowest BCUT2D eigenvalue weighted by atomic mass is 9.86. The van der Waals surface area contributed by atoms with Gasteiger partial charge in [-0.1, -0.05) is 39.2 Å². The van der Waals surface area contributed by atoms with Crippen LogP contribution in [0.1, 0.15) is 75.1 Å². The Morgan fingerprint density at radius 3 is 2.33 bits per heavy atom. The number of carboxylic acid groups (broad SMARTS) is 1. The average molecular weight is 492 g/mol. The van der Waals surface area contributed by atoms with Crippen molar-refractivity contribution >= 4 is 17.6 Å². The number of amides is 1. The Bertz CT molecular complexity index is 1100. The van der Waals surface area contributed by atoms with E-state index in [0.29, 0.717) is 29.0 Å². The highest BCUT2D eigenvalue weighted by atomic mass is 16.5. The van der Waals surface area contributed by atoms with Gasteiger partial charge in [0.2, 0.25) is 0 Å². The van der Waals surface area contributed by atoms with E-state index in [1.165, 1.54) is 0 Å². The van der Waals surface area contributed by atoms with Gasteiger partial charge < -0.3 is 20.1 Å². The van der Waals surface area contributed by atoms with Crippen LogP contribution in [0.5, 0.6) is 5.75 Å². The lowest BCUT2D eigenvalue weighted by Gasteiger charge is -2.31. The first-order valence-corrected chi connectivity index (χ1v) is 12.9. The number of aryl methyl sites for hydroxylation is 2. The van der Waals surface area contributed by atoms with Gasteiger partial charge in [0.1, 0.15) is 5.75 Å². The normalized spacial score (nSPS) is 15.3. The van der Waals surface area contributed by atoms with Crippen molar-refractivity contribution in [3.63, 3.8) is 0 Å². The van der Waals surface area contributed by atoms with Crippen LogP contribution in [-0.4, -0.2) is 41.6 Å². The second kappa shape index (κ2) is 12.4. The lowest BCUT2D eigenvalue weighted by molar-refractivity contribution is -0.142. The topological polar surface area (TPSA) is 103 Å². The van der Waals surface area contributed by atoms with E-state index in [1.54, 1.807) is 31.2 Å². The molecule has 2 aromatic carbocycles. The number of hydrogen-bond acceptors (Lipinski definition) is 5. The number of anilines is 1. The second-order valence-corrected chi connectivity index (χ2v) is 9.56. The fourth-order valence-corrected chi connectivity index (χ4v) is 4.65. The van der Waals surface area contributed by atoms with Crippen LogP contribution in [-0.2, 0) is 28.0 Å². The third kappa shape index (κ3) is 6.37. The molecule has 1 unspecified atom stereocenters.